The van der Waals surface area contributed by atoms with E-state index in [1.54, 1.807) is 6.92 Å². The molecule has 20 heavy (non-hydrogen) atoms. The molecule has 0 bridgehead atoms. The molecular weight excluding hydrogens is 264 g/mol. The van der Waals surface area contributed by atoms with Crippen molar-refractivity contribution in [1.82, 2.24) is 0 Å². The Morgan fingerprint density at radius 2 is 1.35 bits per heavy atom. The zero-order valence-electron chi connectivity index (χ0n) is 11.5. The monoisotopic (exact) mass is 280 g/mol. The van der Waals surface area contributed by atoms with Crippen molar-refractivity contribution in [3.05, 3.63) is 33.4 Å². The summed E-state index contributed by atoms with van der Waals surface area (Å²) in [6.45, 7) is 4.66. The molecule has 1 rings (SSSR count). The van der Waals surface area contributed by atoms with Gasteiger partial charge < -0.3 is 15.3 Å². The highest BCUT2D eigenvalue weighted by Gasteiger charge is 2.26. The van der Waals surface area contributed by atoms with Crippen LogP contribution in [-0.2, 0) is 17.6 Å². The van der Waals surface area contributed by atoms with Crippen molar-refractivity contribution in [2.45, 2.75) is 33.6 Å². The van der Waals surface area contributed by atoms with Crippen LogP contribution in [0.5, 0.6) is 0 Å². The number of hydrogen-bond donors (Lipinski definition) is 3. The summed E-state index contributed by atoms with van der Waals surface area (Å²) >= 11 is 0. The number of carboxylic acid groups (broad SMARTS) is 3. The van der Waals surface area contributed by atoms with Gasteiger partial charge in [0.25, 0.3) is 0 Å². The van der Waals surface area contributed by atoms with Gasteiger partial charge in [0.15, 0.2) is 0 Å². The standard InChI is InChI=1S/C14H16O6/c1-4-8-9(5-10(15)16)6(2)11(13(17)18)7(3)12(8)14(19)20/h4-5H2,1-3H3,(H,15,16)(H,17,18)(H,19,20). The van der Waals surface area contributed by atoms with Gasteiger partial charge in [-0.25, -0.2) is 9.59 Å². The maximum absolute atomic E-state index is 11.4. The predicted molar refractivity (Wildman–Crippen MR) is 70.6 cm³/mol. The lowest BCUT2D eigenvalue weighted by molar-refractivity contribution is -0.136. The van der Waals surface area contributed by atoms with E-state index in [9.17, 15) is 24.6 Å². The minimum atomic E-state index is -1.25. The van der Waals surface area contributed by atoms with Gasteiger partial charge in [0.2, 0.25) is 0 Å². The molecule has 0 aliphatic heterocycles. The highest BCUT2D eigenvalue weighted by Crippen LogP contribution is 2.29. The van der Waals surface area contributed by atoms with Gasteiger partial charge in [-0.3, -0.25) is 4.79 Å². The van der Waals surface area contributed by atoms with Gasteiger partial charge in [0.05, 0.1) is 17.5 Å². The predicted octanol–water partition coefficient (Wildman–Crippen LogP) is 1.89. The van der Waals surface area contributed by atoms with Crippen molar-refractivity contribution in [3.8, 4) is 0 Å². The molecule has 0 aliphatic carbocycles. The largest absolute Gasteiger partial charge is 0.481 e. The molecule has 0 amide bonds. The third-order valence-electron chi connectivity index (χ3n) is 3.35. The number of carbonyl (C=O) groups is 3. The van der Waals surface area contributed by atoms with Crippen LogP contribution in [0.1, 0.15) is 49.9 Å². The molecule has 3 N–H and O–H groups in total. The van der Waals surface area contributed by atoms with E-state index >= 15 is 0 Å². The third-order valence-corrected chi connectivity index (χ3v) is 3.35. The van der Waals surface area contributed by atoms with Gasteiger partial charge in [0.1, 0.15) is 0 Å². The summed E-state index contributed by atoms with van der Waals surface area (Å²) in [6, 6.07) is 0. The SMILES string of the molecule is CCc1c(CC(=O)O)c(C)c(C(=O)O)c(C)c1C(=O)O. The first kappa shape index (κ1) is 15.7. The molecule has 0 radical (unpaired) electrons. The molecule has 0 aromatic heterocycles. The number of aromatic carboxylic acids is 2. The number of benzene rings is 1. The molecule has 6 heteroatoms. The molecule has 0 heterocycles. The second-order valence-electron chi connectivity index (χ2n) is 4.49. The molecule has 0 atom stereocenters. The number of rotatable bonds is 5. The fourth-order valence-electron chi connectivity index (χ4n) is 2.55. The first-order valence-corrected chi connectivity index (χ1v) is 6.05. The van der Waals surface area contributed by atoms with Gasteiger partial charge in [-0.2, -0.15) is 0 Å². The Morgan fingerprint density at radius 3 is 1.70 bits per heavy atom. The summed E-state index contributed by atoms with van der Waals surface area (Å²) in [6.07, 6.45) is -0.0678. The molecule has 0 aliphatic rings. The van der Waals surface area contributed by atoms with Crippen LogP contribution < -0.4 is 0 Å². The molecule has 0 unspecified atom stereocenters. The summed E-state index contributed by atoms with van der Waals surface area (Å²) < 4.78 is 0. The van der Waals surface area contributed by atoms with Crippen LogP contribution in [0.25, 0.3) is 0 Å². The van der Waals surface area contributed by atoms with E-state index in [1.807, 2.05) is 0 Å². The molecule has 0 fully saturated rings. The molecule has 1 aromatic carbocycles. The summed E-state index contributed by atoms with van der Waals surface area (Å²) in [4.78, 5) is 33.6. The van der Waals surface area contributed by atoms with Crippen LogP contribution in [0, 0.1) is 13.8 Å². The van der Waals surface area contributed by atoms with E-state index in [0.717, 1.165) is 0 Å². The van der Waals surface area contributed by atoms with Gasteiger partial charge in [-0.15, -0.1) is 0 Å². The summed E-state index contributed by atoms with van der Waals surface area (Å²) in [7, 11) is 0. The molecule has 1 aromatic rings. The minimum absolute atomic E-state index is 0.105. The Morgan fingerprint density at radius 1 is 0.850 bits per heavy atom. The van der Waals surface area contributed by atoms with Crippen molar-refractivity contribution in [2.75, 3.05) is 0 Å². The normalized spacial score (nSPS) is 10.3. The van der Waals surface area contributed by atoms with Crippen LogP contribution in [0.4, 0.5) is 0 Å². The Hall–Kier alpha value is -2.37. The summed E-state index contributed by atoms with van der Waals surface area (Å²) in [5.74, 6) is -3.62. The minimum Gasteiger partial charge on any atom is -0.481 e. The van der Waals surface area contributed by atoms with E-state index in [4.69, 9.17) is 5.11 Å². The zero-order chi connectivity index (χ0) is 15.6. The zero-order valence-corrected chi connectivity index (χ0v) is 11.5. The molecule has 0 saturated carbocycles. The summed E-state index contributed by atoms with van der Waals surface area (Å²) in [5.41, 5.74) is 0.913. The Bertz CT molecular complexity index is 600. The quantitative estimate of drug-likeness (QED) is 0.759. The highest BCUT2D eigenvalue weighted by atomic mass is 16.4. The van der Waals surface area contributed by atoms with E-state index < -0.39 is 24.3 Å². The lowest BCUT2D eigenvalue weighted by Gasteiger charge is -2.18. The van der Waals surface area contributed by atoms with E-state index in [2.05, 4.69) is 0 Å². The maximum atomic E-state index is 11.4. The van der Waals surface area contributed by atoms with Gasteiger partial charge in [0, 0.05) is 0 Å². The van der Waals surface area contributed by atoms with Gasteiger partial charge >= 0.3 is 17.9 Å². The van der Waals surface area contributed by atoms with Gasteiger partial charge in [-0.05, 0) is 42.5 Å². The number of carboxylic acids is 3. The average molecular weight is 280 g/mol. The van der Waals surface area contributed by atoms with Crippen molar-refractivity contribution < 1.29 is 29.7 Å². The van der Waals surface area contributed by atoms with E-state index in [0.29, 0.717) is 17.5 Å². The topological polar surface area (TPSA) is 112 Å². The third kappa shape index (κ3) is 2.64. The van der Waals surface area contributed by atoms with Crippen LogP contribution in [0.15, 0.2) is 0 Å². The van der Waals surface area contributed by atoms with Gasteiger partial charge in [-0.1, -0.05) is 6.92 Å². The smallest absolute Gasteiger partial charge is 0.336 e. The lowest BCUT2D eigenvalue weighted by Crippen LogP contribution is -2.18. The van der Waals surface area contributed by atoms with Crippen molar-refractivity contribution in [1.29, 1.82) is 0 Å². The average Bonchev–Trinajstić information content (AvgIpc) is 2.30. The Labute approximate surface area is 115 Å². The lowest BCUT2D eigenvalue weighted by atomic mass is 9.85. The Balaban J connectivity index is 3.86. The van der Waals surface area contributed by atoms with Crippen LogP contribution >= 0.6 is 0 Å². The molecular formula is C14H16O6. The Kier molecular flexibility index (Phi) is 4.49. The number of aliphatic carboxylic acids is 1. The maximum Gasteiger partial charge on any atom is 0.336 e. The van der Waals surface area contributed by atoms with Crippen LogP contribution in [0.2, 0.25) is 0 Å². The van der Waals surface area contributed by atoms with Crippen LogP contribution in [-0.4, -0.2) is 33.2 Å². The fraction of sp³-hybridized carbons (Fsp3) is 0.357. The summed E-state index contributed by atoms with van der Waals surface area (Å²) in [5, 5.41) is 27.5. The first-order valence-electron chi connectivity index (χ1n) is 6.05. The molecule has 0 spiro atoms. The first-order chi connectivity index (χ1) is 9.22. The fourth-order valence-corrected chi connectivity index (χ4v) is 2.55. The number of hydrogen-bond acceptors (Lipinski definition) is 3. The highest BCUT2D eigenvalue weighted by molar-refractivity contribution is 5.99. The van der Waals surface area contributed by atoms with Crippen molar-refractivity contribution in [3.63, 3.8) is 0 Å². The molecule has 108 valence electrons. The second kappa shape index (κ2) is 5.73. The van der Waals surface area contributed by atoms with Crippen molar-refractivity contribution in [2.24, 2.45) is 0 Å². The van der Waals surface area contributed by atoms with Crippen LogP contribution in [0.3, 0.4) is 0 Å². The van der Waals surface area contributed by atoms with E-state index in [1.165, 1.54) is 13.8 Å². The van der Waals surface area contributed by atoms with E-state index in [-0.39, 0.29) is 22.3 Å². The molecule has 6 nitrogen and oxygen atoms in total. The van der Waals surface area contributed by atoms with Crippen molar-refractivity contribution >= 4 is 17.9 Å². The second-order valence-corrected chi connectivity index (χ2v) is 4.49. The molecule has 0 saturated heterocycles.